The average molecular weight is 180 g/mol. The highest BCUT2D eigenvalue weighted by molar-refractivity contribution is 5.27. The van der Waals surface area contributed by atoms with E-state index in [1.807, 2.05) is 26.1 Å². The van der Waals surface area contributed by atoms with Gasteiger partial charge in [0.15, 0.2) is 0 Å². The van der Waals surface area contributed by atoms with E-state index in [2.05, 4.69) is 18.8 Å². The van der Waals surface area contributed by atoms with Gasteiger partial charge in [-0.3, -0.25) is 0 Å². The Labute approximate surface area is 81.2 Å². The Hall–Kier alpha value is -1.18. The topological polar surface area (TPSA) is 38.0 Å². The summed E-state index contributed by atoms with van der Waals surface area (Å²) in [5, 5.41) is 3.07. The van der Waals surface area contributed by atoms with Gasteiger partial charge in [0.05, 0.1) is 0 Å². The van der Waals surface area contributed by atoms with Gasteiger partial charge in [0.1, 0.15) is 0 Å². The number of likely N-dealkylation sites (N-methyl/N-ethyl adjacent to an activating group) is 1. The molecule has 2 heteroatoms. The van der Waals surface area contributed by atoms with Crippen LogP contribution in [0.2, 0.25) is 0 Å². The lowest BCUT2D eigenvalue weighted by Crippen LogP contribution is -2.07. The normalized spacial score (nSPS) is 12.8. The van der Waals surface area contributed by atoms with Crippen LogP contribution in [0.25, 0.3) is 0 Å². The van der Waals surface area contributed by atoms with Gasteiger partial charge in [0, 0.05) is 18.4 Å². The van der Waals surface area contributed by atoms with E-state index in [-0.39, 0.29) is 0 Å². The number of rotatable bonds is 5. The summed E-state index contributed by atoms with van der Waals surface area (Å²) in [6.07, 6.45) is 5.95. The zero-order valence-corrected chi connectivity index (χ0v) is 8.85. The molecule has 0 aromatic rings. The number of nitrogens with two attached hydrogens (primary N) is 1. The van der Waals surface area contributed by atoms with Crippen LogP contribution in [-0.2, 0) is 0 Å². The largest absolute Gasteiger partial charge is 0.402 e. The molecule has 0 aliphatic heterocycles. The van der Waals surface area contributed by atoms with Gasteiger partial charge in [-0.05, 0) is 25.5 Å². The highest BCUT2D eigenvalue weighted by Gasteiger charge is 1.92. The van der Waals surface area contributed by atoms with Crippen molar-refractivity contribution in [2.24, 2.45) is 5.73 Å². The molecule has 0 aliphatic rings. The molecule has 0 rings (SSSR count). The molecular weight excluding hydrogens is 160 g/mol. The quantitative estimate of drug-likeness (QED) is 0.637. The molecular formula is C11H20N2. The summed E-state index contributed by atoms with van der Waals surface area (Å²) in [5.41, 5.74) is 8.72. The molecule has 0 spiro atoms. The van der Waals surface area contributed by atoms with Gasteiger partial charge >= 0.3 is 0 Å². The van der Waals surface area contributed by atoms with Crippen LogP contribution in [0.5, 0.6) is 0 Å². The number of hydrogen-bond donors (Lipinski definition) is 2. The molecule has 0 atom stereocenters. The first-order chi connectivity index (χ1) is 6.10. The van der Waals surface area contributed by atoms with Crippen LogP contribution in [0.15, 0.2) is 35.7 Å². The molecule has 0 aliphatic carbocycles. The van der Waals surface area contributed by atoms with Gasteiger partial charge in [-0.1, -0.05) is 25.5 Å². The van der Waals surface area contributed by atoms with Crippen molar-refractivity contribution >= 4 is 0 Å². The van der Waals surface area contributed by atoms with Gasteiger partial charge in [-0.15, -0.1) is 0 Å². The van der Waals surface area contributed by atoms with Crippen molar-refractivity contribution in [1.29, 1.82) is 0 Å². The van der Waals surface area contributed by atoms with Crippen LogP contribution in [0.4, 0.5) is 0 Å². The highest BCUT2D eigenvalue weighted by atomic mass is 14.8. The Balaban J connectivity index is 4.43. The molecule has 0 amide bonds. The Morgan fingerprint density at radius 2 is 2.08 bits per heavy atom. The minimum Gasteiger partial charge on any atom is -0.402 e. The zero-order chi connectivity index (χ0) is 10.3. The Bertz CT molecular complexity index is 224. The summed E-state index contributed by atoms with van der Waals surface area (Å²) in [6, 6.07) is 0. The lowest BCUT2D eigenvalue weighted by atomic mass is 10.2. The van der Waals surface area contributed by atoms with Crippen molar-refractivity contribution in [2.75, 3.05) is 7.05 Å². The lowest BCUT2D eigenvalue weighted by Gasteiger charge is -2.03. The Morgan fingerprint density at radius 3 is 2.46 bits per heavy atom. The summed E-state index contributed by atoms with van der Waals surface area (Å²) in [7, 11) is 1.88. The molecule has 0 fully saturated rings. The molecule has 0 bridgehead atoms. The molecule has 74 valence electrons. The molecule has 0 aromatic carbocycles. The average Bonchev–Trinajstić information content (AvgIpc) is 2.02. The van der Waals surface area contributed by atoms with Gasteiger partial charge in [0.2, 0.25) is 0 Å². The summed E-state index contributed by atoms with van der Waals surface area (Å²) in [6.45, 7) is 7.88. The predicted octanol–water partition coefficient (Wildman–Crippen LogP) is 2.31. The molecule has 0 aromatic heterocycles. The van der Waals surface area contributed by atoms with Crippen LogP contribution in [-0.4, -0.2) is 7.05 Å². The first kappa shape index (κ1) is 11.8. The minimum atomic E-state index is 0.907. The fourth-order valence-electron chi connectivity index (χ4n) is 1.01. The predicted molar refractivity (Wildman–Crippen MR) is 59.1 cm³/mol. The van der Waals surface area contributed by atoms with E-state index < -0.39 is 0 Å². The van der Waals surface area contributed by atoms with Gasteiger partial charge in [-0.2, -0.15) is 0 Å². The van der Waals surface area contributed by atoms with Crippen molar-refractivity contribution in [2.45, 2.75) is 26.7 Å². The molecule has 2 nitrogen and oxygen atoms in total. The van der Waals surface area contributed by atoms with E-state index >= 15 is 0 Å². The van der Waals surface area contributed by atoms with E-state index in [0.717, 1.165) is 29.8 Å². The van der Waals surface area contributed by atoms with Crippen molar-refractivity contribution < 1.29 is 0 Å². The number of hydrogen-bond acceptors (Lipinski definition) is 2. The van der Waals surface area contributed by atoms with Crippen LogP contribution >= 0.6 is 0 Å². The lowest BCUT2D eigenvalue weighted by molar-refractivity contribution is 0.884. The molecule has 3 N–H and O–H groups in total. The summed E-state index contributed by atoms with van der Waals surface area (Å²) in [4.78, 5) is 0. The van der Waals surface area contributed by atoms with Crippen molar-refractivity contribution in [3.63, 3.8) is 0 Å². The second kappa shape index (κ2) is 6.35. The second-order valence-electron chi connectivity index (χ2n) is 3.17. The summed E-state index contributed by atoms with van der Waals surface area (Å²) < 4.78 is 0. The Morgan fingerprint density at radius 1 is 1.46 bits per heavy atom. The standard InChI is InChI=1S/C11H20N2/c1-5-6-10(12)8-11(13-4)7-9(2)3/h7-8,13H,2,5-6,12H2,1,3-4H3/b10-8+,11-7+. The van der Waals surface area contributed by atoms with E-state index in [9.17, 15) is 0 Å². The SMILES string of the molecule is C=C(C)/C=C(\C=C(\N)CCC)NC. The van der Waals surface area contributed by atoms with E-state index in [0.29, 0.717) is 0 Å². The van der Waals surface area contributed by atoms with E-state index in [1.54, 1.807) is 0 Å². The maximum Gasteiger partial charge on any atom is 0.0357 e. The highest BCUT2D eigenvalue weighted by Crippen LogP contribution is 2.03. The van der Waals surface area contributed by atoms with Gasteiger partial charge in [0.25, 0.3) is 0 Å². The first-order valence-electron chi connectivity index (χ1n) is 4.61. The molecule has 0 unspecified atom stereocenters. The third-order valence-electron chi connectivity index (χ3n) is 1.57. The zero-order valence-electron chi connectivity index (χ0n) is 8.85. The maximum absolute atomic E-state index is 5.79. The summed E-state index contributed by atoms with van der Waals surface area (Å²) >= 11 is 0. The van der Waals surface area contributed by atoms with Crippen molar-refractivity contribution in [3.8, 4) is 0 Å². The molecule has 0 saturated heterocycles. The molecule has 0 heterocycles. The van der Waals surface area contributed by atoms with Gasteiger partial charge in [-0.25, -0.2) is 0 Å². The smallest absolute Gasteiger partial charge is 0.0357 e. The second-order valence-corrected chi connectivity index (χ2v) is 3.17. The van der Waals surface area contributed by atoms with E-state index in [4.69, 9.17) is 5.73 Å². The number of nitrogens with one attached hydrogen (secondary N) is 1. The maximum atomic E-state index is 5.79. The Kier molecular flexibility index (Phi) is 5.77. The molecule has 0 saturated carbocycles. The van der Waals surface area contributed by atoms with E-state index in [1.165, 1.54) is 0 Å². The van der Waals surface area contributed by atoms with Crippen LogP contribution in [0.1, 0.15) is 26.7 Å². The fraction of sp³-hybridized carbons (Fsp3) is 0.455. The first-order valence-corrected chi connectivity index (χ1v) is 4.61. The minimum absolute atomic E-state index is 0.907. The van der Waals surface area contributed by atoms with Crippen LogP contribution < -0.4 is 11.1 Å². The molecule has 0 radical (unpaired) electrons. The van der Waals surface area contributed by atoms with Crippen LogP contribution in [0.3, 0.4) is 0 Å². The van der Waals surface area contributed by atoms with Crippen molar-refractivity contribution in [1.82, 2.24) is 5.32 Å². The van der Waals surface area contributed by atoms with Crippen LogP contribution in [0, 0.1) is 0 Å². The van der Waals surface area contributed by atoms with Gasteiger partial charge < -0.3 is 11.1 Å². The van der Waals surface area contributed by atoms with Crippen molar-refractivity contribution in [3.05, 3.63) is 35.7 Å². The third-order valence-corrected chi connectivity index (χ3v) is 1.57. The summed E-state index contributed by atoms with van der Waals surface area (Å²) in [5.74, 6) is 0. The monoisotopic (exact) mass is 180 g/mol. The number of allylic oxidation sites excluding steroid dienone is 4. The third kappa shape index (κ3) is 6.02. The fourth-order valence-corrected chi connectivity index (χ4v) is 1.01. The molecule has 13 heavy (non-hydrogen) atoms.